The Bertz CT molecular complexity index is 845. The number of carbonyl (C=O) groups excluding carboxylic acids is 1. The number of likely N-dealkylation sites (N-methyl/N-ethyl adjacent to an activating group) is 1. The molecule has 154 valence electrons. The first-order valence-corrected chi connectivity index (χ1v) is 10.4. The van der Waals surface area contributed by atoms with Crippen LogP contribution in [0.5, 0.6) is 0 Å². The number of carbonyl (C=O) groups is 1. The second-order valence-electron chi connectivity index (χ2n) is 7.55. The summed E-state index contributed by atoms with van der Waals surface area (Å²) in [7, 11) is 0. The largest absolute Gasteiger partial charge is 0.369 e. The van der Waals surface area contributed by atoms with Crippen molar-refractivity contribution in [2.24, 2.45) is 0 Å². The standard InChI is InChI=1S/C22H28FN5O/c1-2-25-9-11-26(12-10-25)18-7-8-24-20(17-18)22(29)28-15-13-27(14-16-28)21-6-4-3-5-19(21)23/h3-8,17H,2,9-16H2,1H3. The van der Waals surface area contributed by atoms with Gasteiger partial charge in [-0.05, 0) is 30.8 Å². The molecule has 2 aromatic rings. The van der Waals surface area contributed by atoms with Crippen molar-refractivity contribution in [1.82, 2.24) is 14.8 Å². The number of benzene rings is 1. The molecular formula is C22H28FN5O. The van der Waals surface area contributed by atoms with Crippen molar-refractivity contribution in [1.29, 1.82) is 0 Å². The number of halogens is 1. The fraction of sp³-hybridized carbons (Fsp3) is 0.455. The summed E-state index contributed by atoms with van der Waals surface area (Å²) in [6.45, 7) is 9.64. The molecule has 0 N–H and O–H groups in total. The second kappa shape index (κ2) is 8.78. The fourth-order valence-electron chi connectivity index (χ4n) is 4.08. The van der Waals surface area contributed by atoms with Gasteiger partial charge in [0, 0.05) is 64.2 Å². The molecule has 4 rings (SSSR count). The molecule has 0 atom stereocenters. The summed E-state index contributed by atoms with van der Waals surface area (Å²) in [6.07, 6.45) is 1.73. The molecule has 2 fully saturated rings. The Hall–Kier alpha value is -2.67. The van der Waals surface area contributed by atoms with E-state index in [9.17, 15) is 9.18 Å². The molecule has 6 nitrogen and oxygen atoms in total. The number of hydrogen-bond donors (Lipinski definition) is 0. The van der Waals surface area contributed by atoms with E-state index in [1.807, 2.05) is 28.0 Å². The normalized spacial score (nSPS) is 18.2. The van der Waals surface area contributed by atoms with Gasteiger partial charge in [-0.1, -0.05) is 19.1 Å². The van der Waals surface area contributed by atoms with E-state index in [2.05, 4.69) is 21.7 Å². The maximum Gasteiger partial charge on any atom is 0.272 e. The van der Waals surface area contributed by atoms with Crippen LogP contribution in [0.2, 0.25) is 0 Å². The van der Waals surface area contributed by atoms with Crippen LogP contribution in [0.1, 0.15) is 17.4 Å². The molecule has 0 unspecified atom stereocenters. The lowest BCUT2D eigenvalue weighted by molar-refractivity contribution is 0.0740. The lowest BCUT2D eigenvalue weighted by Crippen LogP contribution is -2.49. The van der Waals surface area contributed by atoms with Gasteiger partial charge in [0.2, 0.25) is 0 Å². The Labute approximate surface area is 171 Å². The van der Waals surface area contributed by atoms with Gasteiger partial charge < -0.3 is 19.6 Å². The average molecular weight is 397 g/mol. The minimum absolute atomic E-state index is 0.0489. The van der Waals surface area contributed by atoms with Crippen molar-refractivity contribution in [3.05, 3.63) is 54.1 Å². The van der Waals surface area contributed by atoms with Crippen LogP contribution in [0, 0.1) is 5.82 Å². The summed E-state index contributed by atoms with van der Waals surface area (Å²) in [4.78, 5) is 25.9. The van der Waals surface area contributed by atoms with Gasteiger partial charge in [-0.3, -0.25) is 9.78 Å². The molecule has 7 heteroatoms. The molecule has 2 aliphatic rings. The van der Waals surface area contributed by atoms with E-state index < -0.39 is 0 Å². The highest BCUT2D eigenvalue weighted by molar-refractivity contribution is 5.93. The van der Waals surface area contributed by atoms with E-state index >= 15 is 0 Å². The number of amides is 1. The van der Waals surface area contributed by atoms with Crippen LogP contribution < -0.4 is 9.80 Å². The Morgan fingerprint density at radius 2 is 1.66 bits per heavy atom. The molecule has 1 aromatic heterocycles. The summed E-state index contributed by atoms with van der Waals surface area (Å²) in [5, 5.41) is 0. The number of nitrogens with zero attached hydrogens (tertiary/aromatic N) is 5. The number of piperazine rings is 2. The van der Waals surface area contributed by atoms with Crippen LogP contribution in [0.25, 0.3) is 0 Å². The molecule has 0 bridgehead atoms. The van der Waals surface area contributed by atoms with Crippen LogP contribution in [0.3, 0.4) is 0 Å². The van der Waals surface area contributed by atoms with Crippen LogP contribution in [0.4, 0.5) is 15.8 Å². The molecule has 3 heterocycles. The van der Waals surface area contributed by atoms with Gasteiger partial charge in [0.15, 0.2) is 0 Å². The Kier molecular flexibility index (Phi) is 5.94. The SMILES string of the molecule is CCN1CCN(c2ccnc(C(=O)N3CCN(c4ccccc4F)CC3)c2)CC1. The zero-order chi connectivity index (χ0) is 20.2. The lowest BCUT2D eigenvalue weighted by Gasteiger charge is -2.37. The predicted octanol–water partition coefficient (Wildman–Crippen LogP) is 2.33. The third kappa shape index (κ3) is 4.34. The average Bonchev–Trinajstić information content (AvgIpc) is 2.79. The Balaban J connectivity index is 1.39. The lowest BCUT2D eigenvalue weighted by atomic mass is 10.2. The van der Waals surface area contributed by atoms with Crippen LogP contribution in [-0.4, -0.2) is 79.6 Å². The molecule has 0 radical (unpaired) electrons. The Morgan fingerprint density at radius 1 is 0.966 bits per heavy atom. The highest BCUT2D eigenvalue weighted by atomic mass is 19.1. The molecule has 0 aliphatic carbocycles. The van der Waals surface area contributed by atoms with Crippen molar-refractivity contribution in [2.75, 3.05) is 68.7 Å². The monoisotopic (exact) mass is 397 g/mol. The third-order valence-corrected chi connectivity index (χ3v) is 5.91. The molecular weight excluding hydrogens is 369 g/mol. The van der Waals surface area contributed by atoms with Crippen LogP contribution in [-0.2, 0) is 0 Å². The van der Waals surface area contributed by atoms with Crippen molar-refractivity contribution < 1.29 is 9.18 Å². The van der Waals surface area contributed by atoms with Crippen LogP contribution >= 0.6 is 0 Å². The third-order valence-electron chi connectivity index (χ3n) is 5.91. The summed E-state index contributed by atoms with van der Waals surface area (Å²) >= 11 is 0. The zero-order valence-electron chi connectivity index (χ0n) is 16.9. The highest BCUT2D eigenvalue weighted by Crippen LogP contribution is 2.22. The molecule has 1 amide bonds. The first kappa shape index (κ1) is 19.6. The molecule has 2 aliphatic heterocycles. The number of rotatable bonds is 4. The van der Waals surface area contributed by atoms with Gasteiger partial charge >= 0.3 is 0 Å². The highest BCUT2D eigenvalue weighted by Gasteiger charge is 2.25. The zero-order valence-corrected chi connectivity index (χ0v) is 16.9. The number of anilines is 2. The number of aromatic nitrogens is 1. The number of hydrogen-bond acceptors (Lipinski definition) is 5. The molecule has 0 spiro atoms. The van der Waals surface area contributed by atoms with E-state index in [1.54, 1.807) is 18.3 Å². The predicted molar refractivity (Wildman–Crippen MR) is 113 cm³/mol. The summed E-state index contributed by atoms with van der Waals surface area (Å²) < 4.78 is 14.0. The fourth-order valence-corrected chi connectivity index (χ4v) is 4.08. The van der Waals surface area contributed by atoms with Gasteiger partial charge in [-0.25, -0.2) is 4.39 Å². The summed E-state index contributed by atoms with van der Waals surface area (Å²) in [6, 6.07) is 10.7. The smallest absolute Gasteiger partial charge is 0.272 e. The minimum Gasteiger partial charge on any atom is -0.369 e. The molecule has 29 heavy (non-hydrogen) atoms. The first-order chi connectivity index (χ1) is 14.2. The Morgan fingerprint density at radius 3 is 2.34 bits per heavy atom. The van der Waals surface area contributed by atoms with E-state index in [4.69, 9.17) is 0 Å². The van der Waals surface area contributed by atoms with Crippen molar-refractivity contribution >= 4 is 17.3 Å². The van der Waals surface area contributed by atoms with E-state index in [0.717, 1.165) is 38.4 Å². The quantitative estimate of drug-likeness (QED) is 0.792. The van der Waals surface area contributed by atoms with Gasteiger partial charge in [-0.2, -0.15) is 0 Å². The van der Waals surface area contributed by atoms with E-state index in [1.165, 1.54) is 6.07 Å². The van der Waals surface area contributed by atoms with Gasteiger partial charge in [0.1, 0.15) is 11.5 Å². The second-order valence-corrected chi connectivity index (χ2v) is 7.55. The summed E-state index contributed by atoms with van der Waals surface area (Å²) in [5.74, 6) is -0.267. The van der Waals surface area contributed by atoms with Crippen molar-refractivity contribution in [3.63, 3.8) is 0 Å². The summed E-state index contributed by atoms with van der Waals surface area (Å²) in [5.41, 5.74) is 2.15. The number of pyridine rings is 1. The minimum atomic E-state index is -0.218. The van der Waals surface area contributed by atoms with Gasteiger partial charge in [-0.15, -0.1) is 0 Å². The van der Waals surface area contributed by atoms with Crippen molar-refractivity contribution in [2.45, 2.75) is 6.92 Å². The molecule has 2 saturated heterocycles. The maximum atomic E-state index is 14.0. The van der Waals surface area contributed by atoms with Gasteiger partial charge in [0.05, 0.1) is 5.69 Å². The molecule has 0 saturated carbocycles. The van der Waals surface area contributed by atoms with Crippen molar-refractivity contribution in [3.8, 4) is 0 Å². The first-order valence-electron chi connectivity index (χ1n) is 10.4. The maximum absolute atomic E-state index is 14.0. The molecule has 1 aromatic carbocycles. The van der Waals surface area contributed by atoms with E-state index in [-0.39, 0.29) is 11.7 Å². The van der Waals surface area contributed by atoms with E-state index in [0.29, 0.717) is 37.6 Å². The topological polar surface area (TPSA) is 42.9 Å². The van der Waals surface area contributed by atoms with Gasteiger partial charge in [0.25, 0.3) is 5.91 Å². The van der Waals surface area contributed by atoms with Crippen LogP contribution in [0.15, 0.2) is 42.6 Å². The number of para-hydroxylation sites is 1.